The summed E-state index contributed by atoms with van der Waals surface area (Å²) in [6.07, 6.45) is 0. The first-order chi connectivity index (χ1) is 12.3. The van der Waals surface area contributed by atoms with Gasteiger partial charge in [-0.15, -0.1) is 0 Å². The van der Waals surface area contributed by atoms with Crippen molar-refractivity contribution < 1.29 is 9.53 Å². The maximum Gasteiger partial charge on any atom is 0.343 e. The molecule has 0 fully saturated rings. The van der Waals surface area contributed by atoms with Gasteiger partial charge in [-0.1, -0.05) is 69.3 Å². The molecule has 0 radical (unpaired) electrons. The second kappa shape index (κ2) is 7.46. The van der Waals surface area contributed by atoms with Gasteiger partial charge in [-0.25, -0.2) is 4.79 Å². The molecule has 0 bridgehead atoms. The Hall–Kier alpha value is -2.39. The molecular weight excluding hydrogens is 388 g/mol. The number of ether oxygens (including phenoxy) is 1. The van der Waals surface area contributed by atoms with E-state index < -0.39 is 0 Å². The fraction of sp³-hybridized carbons (Fsp3) is 0.174. The number of benzene rings is 3. The van der Waals surface area contributed by atoms with Gasteiger partial charge in [0.2, 0.25) is 0 Å². The molecule has 0 aliphatic carbocycles. The molecule has 132 valence electrons. The van der Waals surface area contributed by atoms with Gasteiger partial charge >= 0.3 is 5.97 Å². The minimum atomic E-state index is -0.362. The zero-order valence-electron chi connectivity index (χ0n) is 15.1. The molecule has 3 heteroatoms. The quantitative estimate of drug-likeness (QED) is 0.358. The highest BCUT2D eigenvalue weighted by molar-refractivity contribution is 9.10. The molecule has 0 aliphatic rings. The lowest BCUT2D eigenvalue weighted by atomic mass is 9.87. The third-order valence-corrected chi connectivity index (χ3v) is 4.85. The van der Waals surface area contributed by atoms with Crippen LogP contribution < -0.4 is 4.74 Å². The maximum atomic E-state index is 12.4. The van der Waals surface area contributed by atoms with E-state index in [1.165, 1.54) is 5.56 Å². The van der Waals surface area contributed by atoms with Crippen molar-refractivity contribution in [1.29, 1.82) is 0 Å². The molecule has 0 spiro atoms. The molecule has 0 N–H and O–H groups in total. The largest absolute Gasteiger partial charge is 0.422 e. The summed E-state index contributed by atoms with van der Waals surface area (Å²) in [5, 5.41) is 0. The Morgan fingerprint density at radius 3 is 2.08 bits per heavy atom. The molecule has 0 amide bonds. The van der Waals surface area contributed by atoms with Crippen LogP contribution in [0.1, 0.15) is 36.7 Å². The summed E-state index contributed by atoms with van der Waals surface area (Å²) in [5.41, 5.74) is 3.95. The van der Waals surface area contributed by atoms with Crippen molar-refractivity contribution in [3.05, 3.63) is 88.4 Å². The fourth-order valence-electron chi connectivity index (χ4n) is 2.66. The molecule has 3 rings (SSSR count). The smallest absolute Gasteiger partial charge is 0.343 e. The van der Waals surface area contributed by atoms with Crippen molar-refractivity contribution in [1.82, 2.24) is 0 Å². The molecule has 0 aromatic heterocycles. The van der Waals surface area contributed by atoms with Crippen molar-refractivity contribution in [2.75, 3.05) is 0 Å². The van der Waals surface area contributed by atoms with E-state index in [1.54, 1.807) is 0 Å². The van der Waals surface area contributed by atoms with Crippen LogP contribution in [0.4, 0.5) is 0 Å². The van der Waals surface area contributed by atoms with E-state index >= 15 is 0 Å². The van der Waals surface area contributed by atoms with E-state index in [9.17, 15) is 4.79 Å². The first-order valence-electron chi connectivity index (χ1n) is 8.52. The van der Waals surface area contributed by atoms with Crippen LogP contribution in [0.2, 0.25) is 0 Å². The van der Waals surface area contributed by atoms with Gasteiger partial charge in [0.1, 0.15) is 5.75 Å². The highest BCUT2D eigenvalue weighted by atomic mass is 79.9. The molecule has 0 atom stereocenters. The van der Waals surface area contributed by atoms with E-state index in [2.05, 4.69) is 36.7 Å². The molecule has 0 aliphatic heterocycles. The van der Waals surface area contributed by atoms with Crippen LogP contribution >= 0.6 is 15.9 Å². The first kappa shape index (κ1) is 18.4. The van der Waals surface area contributed by atoms with Crippen LogP contribution in [0, 0.1) is 0 Å². The summed E-state index contributed by atoms with van der Waals surface area (Å²) < 4.78 is 6.31. The molecule has 26 heavy (non-hydrogen) atoms. The summed E-state index contributed by atoms with van der Waals surface area (Å²) in [4.78, 5) is 12.4. The zero-order chi connectivity index (χ0) is 18.7. The van der Waals surface area contributed by atoms with Gasteiger partial charge in [0.15, 0.2) is 0 Å². The van der Waals surface area contributed by atoms with Crippen LogP contribution in [0.25, 0.3) is 11.1 Å². The SMILES string of the molecule is CC(C)(C)c1ccc(C(=O)Oc2ccc(-c3ccccc3)cc2Br)cc1. The second-order valence-electron chi connectivity index (χ2n) is 7.23. The van der Waals surface area contributed by atoms with Crippen LogP contribution in [-0.4, -0.2) is 5.97 Å². The lowest BCUT2D eigenvalue weighted by Crippen LogP contribution is -2.13. The van der Waals surface area contributed by atoms with Gasteiger partial charge in [0.25, 0.3) is 0 Å². The fourth-order valence-corrected chi connectivity index (χ4v) is 3.12. The van der Waals surface area contributed by atoms with E-state index in [0.29, 0.717) is 11.3 Å². The van der Waals surface area contributed by atoms with Crippen LogP contribution in [0.15, 0.2) is 77.3 Å². The number of hydrogen-bond donors (Lipinski definition) is 0. The van der Waals surface area contributed by atoms with Crippen molar-refractivity contribution >= 4 is 21.9 Å². The van der Waals surface area contributed by atoms with Crippen LogP contribution in [0.5, 0.6) is 5.75 Å². The highest BCUT2D eigenvalue weighted by Gasteiger charge is 2.16. The molecular formula is C23H21BrO2. The summed E-state index contributed by atoms with van der Waals surface area (Å²) in [5.74, 6) is 0.146. The van der Waals surface area contributed by atoms with Gasteiger partial charge in [-0.3, -0.25) is 0 Å². The number of carbonyl (C=O) groups is 1. The van der Waals surface area contributed by atoms with Gasteiger partial charge in [0, 0.05) is 0 Å². The Morgan fingerprint density at radius 2 is 1.50 bits per heavy atom. The summed E-state index contributed by atoms with van der Waals surface area (Å²) in [6, 6.07) is 23.4. The average molecular weight is 409 g/mol. The summed E-state index contributed by atoms with van der Waals surface area (Å²) >= 11 is 3.51. The van der Waals surface area contributed by atoms with Crippen molar-refractivity contribution in [2.24, 2.45) is 0 Å². The average Bonchev–Trinajstić information content (AvgIpc) is 2.63. The highest BCUT2D eigenvalue weighted by Crippen LogP contribution is 2.31. The lowest BCUT2D eigenvalue weighted by Gasteiger charge is -2.19. The monoisotopic (exact) mass is 408 g/mol. The van der Waals surface area contributed by atoms with Crippen LogP contribution in [-0.2, 0) is 5.41 Å². The third kappa shape index (κ3) is 4.23. The van der Waals surface area contributed by atoms with Gasteiger partial charge in [-0.2, -0.15) is 0 Å². The predicted octanol–water partition coefficient (Wildman–Crippen LogP) is 6.63. The predicted molar refractivity (Wildman–Crippen MR) is 110 cm³/mol. The Bertz CT molecular complexity index is 907. The van der Waals surface area contributed by atoms with E-state index in [-0.39, 0.29) is 11.4 Å². The maximum absolute atomic E-state index is 12.4. The zero-order valence-corrected chi connectivity index (χ0v) is 16.7. The number of carbonyl (C=O) groups excluding carboxylic acids is 1. The Labute approximate surface area is 163 Å². The third-order valence-electron chi connectivity index (χ3n) is 4.23. The van der Waals surface area contributed by atoms with Crippen molar-refractivity contribution in [3.63, 3.8) is 0 Å². The number of halogens is 1. The minimum Gasteiger partial charge on any atom is -0.422 e. The standard InChI is InChI=1S/C23H21BrO2/c1-23(2,3)19-12-9-17(10-13-19)22(25)26-21-14-11-18(15-20(21)24)16-7-5-4-6-8-16/h4-15H,1-3H3. The Balaban J connectivity index is 1.77. The van der Waals surface area contributed by atoms with Gasteiger partial charge < -0.3 is 4.74 Å². The Morgan fingerprint density at radius 1 is 0.846 bits per heavy atom. The lowest BCUT2D eigenvalue weighted by molar-refractivity contribution is 0.0733. The normalized spacial score (nSPS) is 11.2. The molecule has 0 unspecified atom stereocenters. The second-order valence-corrected chi connectivity index (χ2v) is 8.08. The molecule has 3 aromatic carbocycles. The number of hydrogen-bond acceptors (Lipinski definition) is 2. The molecule has 3 aromatic rings. The van der Waals surface area contributed by atoms with Gasteiger partial charge in [-0.05, 0) is 62.3 Å². The van der Waals surface area contributed by atoms with E-state index in [1.807, 2.05) is 72.8 Å². The van der Waals surface area contributed by atoms with Gasteiger partial charge in [0.05, 0.1) is 10.0 Å². The van der Waals surface area contributed by atoms with Crippen molar-refractivity contribution in [2.45, 2.75) is 26.2 Å². The first-order valence-corrected chi connectivity index (χ1v) is 9.31. The number of rotatable bonds is 3. The summed E-state index contributed by atoms with van der Waals surface area (Å²) in [6.45, 7) is 6.43. The topological polar surface area (TPSA) is 26.3 Å². The molecule has 0 heterocycles. The van der Waals surface area contributed by atoms with E-state index in [0.717, 1.165) is 15.6 Å². The molecule has 0 saturated carbocycles. The minimum absolute atomic E-state index is 0.0543. The molecule has 2 nitrogen and oxygen atoms in total. The number of esters is 1. The summed E-state index contributed by atoms with van der Waals surface area (Å²) in [7, 11) is 0. The Kier molecular flexibility index (Phi) is 5.28. The van der Waals surface area contributed by atoms with E-state index in [4.69, 9.17) is 4.74 Å². The van der Waals surface area contributed by atoms with Crippen molar-refractivity contribution in [3.8, 4) is 16.9 Å². The van der Waals surface area contributed by atoms with Crippen LogP contribution in [0.3, 0.4) is 0 Å². The molecule has 0 saturated heterocycles.